The molecular formula is C15H22N4. The third kappa shape index (κ3) is 3.56. The molecule has 102 valence electrons. The van der Waals surface area contributed by atoms with Crippen LogP contribution in [0, 0.1) is 0 Å². The summed E-state index contributed by atoms with van der Waals surface area (Å²) in [6.45, 7) is 8.18. The molecule has 0 atom stereocenters. The molecule has 0 aliphatic carbocycles. The van der Waals surface area contributed by atoms with Crippen LogP contribution >= 0.6 is 0 Å². The zero-order valence-corrected chi connectivity index (χ0v) is 11.9. The molecule has 0 radical (unpaired) electrons. The van der Waals surface area contributed by atoms with E-state index in [0.717, 1.165) is 24.5 Å². The first kappa shape index (κ1) is 13.6. The number of nitrogens with zero attached hydrogens (tertiary/aromatic N) is 3. The molecule has 0 saturated carbocycles. The van der Waals surface area contributed by atoms with Gasteiger partial charge < -0.3 is 5.32 Å². The molecule has 2 rings (SSSR count). The molecule has 0 fully saturated rings. The van der Waals surface area contributed by atoms with Crippen molar-refractivity contribution in [2.75, 3.05) is 5.32 Å². The lowest BCUT2D eigenvalue weighted by molar-refractivity contribution is 0.574. The van der Waals surface area contributed by atoms with Crippen LogP contribution in [-0.4, -0.2) is 14.8 Å². The number of rotatable bonds is 6. The van der Waals surface area contributed by atoms with E-state index < -0.39 is 0 Å². The second kappa shape index (κ2) is 6.36. The smallest absolute Gasteiger partial charge is 0.146 e. The highest BCUT2D eigenvalue weighted by Crippen LogP contribution is 2.18. The van der Waals surface area contributed by atoms with Gasteiger partial charge in [0.15, 0.2) is 0 Å². The highest BCUT2D eigenvalue weighted by Gasteiger charge is 2.04. The van der Waals surface area contributed by atoms with E-state index in [1.807, 2.05) is 4.68 Å². The van der Waals surface area contributed by atoms with Crippen molar-refractivity contribution in [2.45, 2.75) is 46.2 Å². The highest BCUT2D eigenvalue weighted by molar-refractivity contribution is 5.46. The number of aromatic nitrogens is 3. The standard InChI is InChI=1S/C15H22N4/c1-4-8-19-15(17-11-18-19)10-16-14-7-5-6-13(9-14)12(2)3/h5-7,9,11-12,16H,4,8,10H2,1-3H3. The number of aryl methyl sites for hydroxylation is 1. The van der Waals surface area contributed by atoms with Crippen molar-refractivity contribution in [3.8, 4) is 0 Å². The Morgan fingerprint density at radius 1 is 1.32 bits per heavy atom. The van der Waals surface area contributed by atoms with Crippen molar-refractivity contribution in [3.05, 3.63) is 42.0 Å². The Labute approximate surface area is 114 Å². The molecule has 0 aliphatic rings. The van der Waals surface area contributed by atoms with E-state index in [2.05, 4.69) is 60.4 Å². The fourth-order valence-electron chi connectivity index (χ4n) is 2.01. The predicted octanol–water partition coefficient (Wildman–Crippen LogP) is 3.42. The summed E-state index contributed by atoms with van der Waals surface area (Å²) in [5, 5.41) is 7.65. The van der Waals surface area contributed by atoms with Gasteiger partial charge in [0.2, 0.25) is 0 Å². The summed E-state index contributed by atoms with van der Waals surface area (Å²) >= 11 is 0. The molecule has 1 heterocycles. The Hall–Kier alpha value is -1.84. The molecule has 1 aromatic heterocycles. The number of hydrogen-bond donors (Lipinski definition) is 1. The second-order valence-corrected chi connectivity index (χ2v) is 5.03. The maximum Gasteiger partial charge on any atom is 0.146 e. The van der Waals surface area contributed by atoms with E-state index >= 15 is 0 Å². The topological polar surface area (TPSA) is 42.7 Å². The van der Waals surface area contributed by atoms with Gasteiger partial charge in [-0.25, -0.2) is 9.67 Å². The summed E-state index contributed by atoms with van der Waals surface area (Å²) in [5.41, 5.74) is 2.48. The summed E-state index contributed by atoms with van der Waals surface area (Å²) in [5.74, 6) is 1.53. The van der Waals surface area contributed by atoms with Crippen LogP contribution in [0.1, 0.15) is 44.5 Å². The molecule has 0 spiro atoms. The Kier molecular flexibility index (Phi) is 4.55. The van der Waals surface area contributed by atoms with Crippen molar-refractivity contribution >= 4 is 5.69 Å². The minimum absolute atomic E-state index is 0.547. The summed E-state index contributed by atoms with van der Waals surface area (Å²) < 4.78 is 1.96. The van der Waals surface area contributed by atoms with Crippen LogP contribution in [0.4, 0.5) is 5.69 Å². The minimum Gasteiger partial charge on any atom is -0.378 e. The molecule has 2 aromatic rings. The maximum absolute atomic E-state index is 4.30. The largest absolute Gasteiger partial charge is 0.378 e. The normalized spacial score (nSPS) is 10.9. The van der Waals surface area contributed by atoms with Crippen LogP contribution in [-0.2, 0) is 13.1 Å². The number of anilines is 1. The Balaban J connectivity index is 2.02. The molecule has 1 aromatic carbocycles. The van der Waals surface area contributed by atoms with Gasteiger partial charge >= 0.3 is 0 Å². The SMILES string of the molecule is CCCn1ncnc1CNc1cccc(C(C)C)c1. The molecule has 0 bridgehead atoms. The average molecular weight is 258 g/mol. The van der Waals surface area contributed by atoms with Crippen LogP contribution in [0.15, 0.2) is 30.6 Å². The number of benzene rings is 1. The zero-order valence-electron chi connectivity index (χ0n) is 11.9. The van der Waals surface area contributed by atoms with Crippen LogP contribution in [0.3, 0.4) is 0 Å². The first-order valence-electron chi connectivity index (χ1n) is 6.91. The van der Waals surface area contributed by atoms with Gasteiger partial charge in [-0.1, -0.05) is 32.9 Å². The Bertz CT molecular complexity index is 516. The zero-order chi connectivity index (χ0) is 13.7. The lowest BCUT2D eigenvalue weighted by atomic mass is 10.0. The van der Waals surface area contributed by atoms with Crippen molar-refractivity contribution in [1.29, 1.82) is 0 Å². The van der Waals surface area contributed by atoms with E-state index in [-0.39, 0.29) is 0 Å². The van der Waals surface area contributed by atoms with Crippen LogP contribution in [0.25, 0.3) is 0 Å². The van der Waals surface area contributed by atoms with E-state index in [0.29, 0.717) is 12.5 Å². The molecule has 0 amide bonds. The quantitative estimate of drug-likeness (QED) is 0.863. The fraction of sp³-hybridized carbons (Fsp3) is 0.467. The Morgan fingerprint density at radius 3 is 2.89 bits per heavy atom. The molecule has 19 heavy (non-hydrogen) atoms. The van der Waals surface area contributed by atoms with Gasteiger partial charge in [0.05, 0.1) is 6.54 Å². The van der Waals surface area contributed by atoms with Crippen LogP contribution in [0.5, 0.6) is 0 Å². The van der Waals surface area contributed by atoms with E-state index in [4.69, 9.17) is 0 Å². The summed E-state index contributed by atoms with van der Waals surface area (Å²) in [6.07, 6.45) is 2.69. The summed E-state index contributed by atoms with van der Waals surface area (Å²) in [7, 11) is 0. The summed E-state index contributed by atoms with van der Waals surface area (Å²) in [6, 6.07) is 8.54. The minimum atomic E-state index is 0.547. The van der Waals surface area contributed by atoms with Crippen molar-refractivity contribution in [2.24, 2.45) is 0 Å². The Morgan fingerprint density at radius 2 is 2.16 bits per heavy atom. The van der Waals surface area contributed by atoms with Gasteiger partial charge in [0, 0.05) is 12.2 Å². The average Bonchev–Trinajstić information content (AvgIpc) is 2.85. The fourth-order valence-corrected chi connectivity index (χ4v) is 2.01. The third-order valence-electron chi connectivity index (χ3n) is 3.14. The van der Waals surface area contributed by atoms with Gasteiger partial charge in [-0.3, -0.25) is 0 Å². The van der Waals surface area contributed by atoms with Gasteiger partial charge in [-0.05, 0) is 30.0 Å². The van der Waals surface area contributed by atoms with Gasteiger partial charge in [-0.2, -0.15) is 5.10 Å². The first-order valence-corrected chi connectivity index (χ1v) is 6.91. The van der Waals surface area contributed by atoms with Crippen LogP contribution in [0.2, 0.25) is 0 Å². The summed E-state index contributed by atoms with van der Waals surface area (Å²) in [4.78, 5) is 4.30. The molecule has 4 heteroatoms. The van der Waals surface area contributed by atoms with Gasteiger partial charge in [-0.15, -0.1) is 0 Å². The molecule has 0 saturated heterocycles. The molecule has 1 N–H and O–H groups in total. The van der Waals surface area contributed by atoms with Crippen molar-refractivity contribution in [3.63, 3.8) is 0 Å². The lowest BCUT2D eigenvalue weighted by Gasteiger charge is -2.10. The van der Waals surface area contributed by atoms with E-state index in [9.17, 15) is 0 Å². The molecule has 4 nitrogen and oxygen atoms in total. The van der Waals surface area contributed by atoms with Gasteiger partial charge in [0.1, 0.15) is 12.2 Å². The maximum atomic E-state index is 4.30. The highest BCUT2D eigenvalue weighted by atomic mass is 15.3. The number of hydrogen-bond acceptors (Lipinski definition) is 3. The second-order valence-electron chi connectivity index (χ2n) is 5.03. The monoisotopic (exact) mass is 258 g/mol. The van der Waals surface area contributed by atoms with Crippen molar-refractivity contribution in [1.82, 2.24) is 14.8 Å². The van der Waals surface area contributed by atoms with Crippen LogP contribution < -0.4 is 5.32 Å². The predicted molar refractivity (Wildman–Crippen MR) is 78.2 cm³/mol. The molecular weight excluding hydrogens is 236 g/mol. The molecule has 0 unspecified atom stereocenters. The lowest BCUT2D eigenvalue weighted by Crippen LogP contribution is -2.10. The number of nitrogens with one attached hydrogen (secondary N) is 1. The van der Waals surface area contributed by atoms with E-state index in [1.165, 1.54) is 5.56 Å². The first-order chi connectivity index (χ1) is 9.20. The van der Waals surface area contributed by atoms with Gasteiger partial charge in [0.25, 0.3) is 0 Å². The molecule has 0 aliphatic heterocycles. The van der Waals surface area contributed by atoms with E-state index in [1.54, 1.807) is 6.33 Å². The van der Waals surface area contributed by atoms with Crippen molar-refractivity contribution < 1.29 is 0 Å². The third-order valence-corrected chi connectivity index (χ3v) is 3.14.